The van der Waals surface area contributed by atoms with Crippen molar-refractivity contribution >= 4 is 15.9 Å². The summed E-state index contributed by atoms with van der Waals surface area (Å²) in [6.07, 6.45) is 2.08. The van der Waals surface area contributed by atoms with Crippen LogP contribution in [0.2, 0.25) is 0 Å². The molecule has 0 unspecified atom stereocenters. The second kappa shape index (κ2) is 2.35. The van der Waals surface area contributed by atoms with Crippen LogP contribution in [0.15, 0.2) is 22.7 Å². The Morgan fingerprint density at radius 1 is 1.70 bits per heavy atom. The SMILES string of the molecule is [2H]c1nc(C2CC2)c([2H])c(Br)c1[2H]. The fraction of sp³-hybridized carbons (Fsp3) is 0.375. The van der Waals surface area contributed by atoms with Crippen LogP contribution in [0.25, 0.3) is 0 Å². The number of hydrogen-bond donors (Lipinski definition) is 0. The maximum Gasteiger partial charge on any atom is 0.0840 e. The Balaban J connectivity index is 2.58. The lowest BCUT2D eigenvalue weighted by molar-refractivity contribution is 1.02. The first-order chi connectivity index (χ1) is 6.11. The lowest BCUT2D eigenvalue weighted by Gasteiger charge is -1.94. The molecule has 0 spiro atoms. The second-order valence-corrected chi connectivity index (χ2v) is 3.24. The fourth-order valence-electron chi connectivity index (χ4n) is 0.859. The van der Waals surface area contributed by atoms with Crippen LogP contribution < -0.4 is 0 Å². The lowest BCUT2D eigenvalue weighted by Crippen LogP contribution is -1.83. The van der Waals surface area contributed by atoms with E-state index in [-0.39, 0.29) is 18.3 Å². The zero-order valence-electron chi connectivity index (χ0n) is 8.32. The van der Waals surface area contributed by atoms with E-state index in [9.17, 15) is 0 Å². The molecule has 0 atom stereocenters. The van der Waals surface area contributed by atoms with Crippen molar-refractivity contribution in [1.29, 1.82) is 0 Å². The van der Waals surface area contributed by atoms with Gasteiger partial charge in [0.25, 0.3) is 0 Å². The quantitative estimate of drug-likeness (QED) is 0.680. The average molecular weight is 201 g/mol. The zero-order chi connectivity index (χ0) is 9.59. The van der Waals surface area contributed by atoms with Crippen molar-refractivity contribution in [3.8, 4) is 0 Å². The predicted molar refractivity (Wildman–Crippen MR) is 43.9 cm³/mol. The topological polar surface area (TPSA) is 12.9 Å². The Morgan fingerprint density at radius 2 is 2.50 bits per heavy atom. The number of aromatic nitrogens is 1. The van der Waals surface area contributed by atoms with E-state index in [0.717, 1.165) is 12.8 Å². The van der Waals surface area contributed by atoms with E-state index in [1.807, 2.05) is 0 Å². The van der Waals surface area contributed by atoms with Crippen molar-refractivity contribution in [2.75, 3.05) is 0 Å². The standard InChI is InChI=1S/C8H8BrN/c9-7-3-4-10-8(5-7)6-1-2-6/h3-6H,1-2H2/i3D,4D,5D. The Morgan fingerprint density at radius 3 is 3.20 bits per heavy atom. The molecule has 1 heterocycles. The summed E-state index contributed by atoms with van der Waals surface area (Å²) < 4.78 is 22.9. The third kappa shape index (κ3) is 1.21. The van der Waals surface area contributed by atoms with Crippen molar-refractivity contribution in [1.82, 2.24) is 4.98 Å². The van der Waals surface area contributed by atoms with Crippen LogP contribution in [0.4, 0.5) is 0 Å². The highest BCUT2D eigenvalue weighted by Gasteiger charge is 2.24. The minimum atomic E-state index is -0.0372. The molecule has 0 bridgehead atoms. The number of halogens is 1. The molecule has 0 amide bonds. The third-order valence-corrected chi connectivity index (χ3v) is 1.94. The van der Waals surface area contributed by atoms with Crippen molar-refractivity contribution in [3.05, 3.63) is 28.4 Å². The molecule has 0 aliphatic heterocycles. The largest absolute Gasteiger partial charge is 0.261 e. The van der Waals surface area contributed by atoms with E-state index < -0.39 is 0 Å². The van der Waals surface area contributed by atoms with Gasteiger partial charge in [0, 0.05) is 22.3 Å². The van der Waals surface area contributed by atoms with Gasteiger partial charge in [-0.05, 0) is 24.9 Å². The Kier molecular flexibility index (Phi) is 0.906. The van der Waals surface area contributed by atoms with Crippen LogP contribution in [-0.2, 0) is 0 Å². The summed E-state index contributed by atoms with van der Waals surface area (Å²) in [5.41, 5.74) is 0.674. The summed E-state index contributed by atoms with van der Waals surface area (Å²) in [6, 6.07) is 0.290. The van der Waals surface area contributed by atoms with Crippen LogP contribution in [-0.4, -0.2) is 4.98 Å². The maximum absolute atomic E-state index is 7.69. The summed E-state index contributed by atoms with van der Waals surface area (Å²) >= 11 is 3.14. The van der Waals surface area contributed by atoms with E-state index in [0.29, 0.717) is 16.1 Å². The van der Waals surface area contributed by atoms with E-state index >= 15 is 0 Å². The van der Waals surface area contributed by atoms with E-state index in [1.54, 1.807) is 0 Å². The van der Waals surface area contributed by atoms with E-state index in [2.05, 4.69) is 20.9 Å². The molecule has 2 rings (SSSR count). The fourth-order valence-corrected chi connectivity index (χ4v) is 1.15. The lowest BCUT2D eigenvalue weighted by atomic mass is 10.3. The van der Waals surface area contributed by atoms with Crippen molar-refractivity contribution in [2.24, 2.45) is 0 Å². The highest BCUT2D eigenvalue weighted by molar-refractivity contribution is 9.10. The van der Waals surface area contributed by atoms with Crippen LogP contribution in [0.1, 0.15) is 28.6 Å². The molecule has 1 fully saturated rings. The number of nitrogens with zero attached hydrogens (tertiary/aromatic N) is 1. The van der Waals surface area contributed by atoms with Crippen LogP contribution in [0.5, 0.6) is 0 Å². The first kappa shape index (κ1) is 3.86. The molecule has 0 radical (unpaired) electrons. The highest BCUT2D eigenvalue weighted by Crippen LogP contribution is 2.39. The monoisotopic (exact) mass is 200 g/mol. The van der Waals surface area contributed by atoms with Gasteiger partial charge in [-0.15, -0.1) is 0 Å². The first-order valence-electron chi connectivity index (χ1n) is 4.74. The molecule has 2 heteroatoms. The minimum Gasteiger partial charge on any atom is -0.261 e. The number of pyridine rings is 1. The molecule has 1 aliphatic rings. The average Bonchev–Trinajstić information content (AvgIpc) is 2.91. The molecule has 10 heavy (non-hydrogen) atoms. The predicted octanol–water partition coefficient (Wildman–Crippen LogP) is 2.72. The van der Waals surface area contributed by atoms with Gasteiger partial charge in [0.15, 0.2) is 0 Å². The minimum absolute atomic E-state index is 0.00870. The smallest absolute Gasteiger partial charge is 0.0840 e. The molecule has 1 nitrogen and oxygen atoms in total. The van der Waals surface area contributed by atoms with Gasteiger partial charge in [0.2, 0.25) is 0 Å². The summed E-state index contributed by atoms with van der Waals surface area (Å²) in [5, 5.41) is 0. The molecule has 1 aliphatic carbocycles. The van der Waals surface area contributed by atoms with E-state index in [4.69, 9.17) is 4.11 Å². The highest BCUT2D eigenvalue weighted by atomic mass is 79.9. The van der Waals surface area contributed by atoms with Crippen LogP contribution in [0.3, 0.4) is 0 Å². The molecule has 1 saturated carbocycles. The van der Waals surface area contributed by atoms with Gasteiger partial charge >= 0.3 is 0 Å². The van der Waals surface area contributed by atoms with Gasteiger partial charge in [-0.3, -0.25) is 4.98 Å². The van der Waals surface area contributed by atoms with Gasteiger partial charge in [-0.25, -0.2) is 0 Å². The second-order valence-electron chi connectivity index (χ2n) is 2.45. The molecule has 1 aromatic rings. The number of rotatable bonds is 1. The van der Waals surface area contributed by atoms with Gasteiger partial charge in [-0.2, -0.15) is 0 Å². The Labute approximate surface area is 72.8 Å². The van der Waals surface area contributed by atoms with Crippen LogP contribution in [0, 0.1) is 0 Å². The van der Waals surface area contributed by atoms with Gasteiger partial charge in [0.05, 0.1) is 4.11 Å². The maximum atomic E-state index is 7.69. The third-order valence-electron chi connectivity index (χ3n) is 1.54. The van der Waals surface area contributed by atoms with Gasteiger partial charge in [-0.1, -0.05) is 15.9 Å². The van der Waals surface area contributed by atoms with Crippen LogP contribution >= 0.6 is 15.9 Å². The van der Waals surface area contributed by atoms with Crippen molar-refractivity contribution < 1.29 is 4.11 Å². The molecular weight excluding hydrogens is 190 g/mol. The van der Waals surface area contributed by atoms with Gasteiger partial charge < -0.3 is 0 Å². The molecular formula is C8H8BrN. The number of hydrogen-bond acceptors (Lipinski definition) is 1. The molecule has 0 saturated heterocycles. The van der Waals surface area contributed by atoms with Gasteiger partial charge in [0.1, 0.15) is 0 Å². The first-order valence-corrected chi connectivity index (χ1v) is 4.03. The normalized spacial score (nSPS) is 21.5. The molecule has 1 aromatic heterocycles. The summed E-state index contributed by atoms with van der Waals surface area (Å²) in [6.45, 7) is 0. The zero-order valence-corrected chi connectivity index (χ0v) is 6.90. The van der Waals surface area contributed by atoms with E-state index in [1.165, 1.54) is 0 Å². The van der Waals surface area contributed by atoms with Crippen molar-refractivity contribution in [2.45, 2.75) is 18.8 Å². The summed E-state index contributed by atoms with van der Waals surface area (Å²) in [7, 11) is 0. The molecule has 0 aromatic carbocycles. The molecule has 0 N–H and O–H groups in total. The summed E-state index contributed by atoms with van der Waals surface area (Å²) in [5.74, 6) is 0.355. The molecule has 52 valence electrons. The Bertz CT molecular complexity index is 363. The summed E-state index contributed by atoms with van der Waals surface area (Å²) in [4.78, 5) is 3.96. The van der Waals surface area contributed by atoms with Crippen molar-refractivity contribution in [3.63, 3.8) is 0 Å². The Hall–Kier alpha value is -0.370.